The first-order valence-electron chi connectivity index (χ1n) is 6.86. The summed E-state index contributed by atoms with van der Waals surface area (Å²) in [4.78, 5) is 11.1. The van der Waals surface area contributed by atoms with E-state index in [0.717, 1.165) is 43.2 Å². The lowest BCUT2D eigenvalue weighted by Gasteiger charge is -2.22. The van der Waals surface area contributed by atoms with Crippen molar-refractivity contribution in [2.45, 2.75) is 25.3 Å². The second-order valence-electron chi connectivity index (χ2n) is 5.14. The topological polar surface area (TPSA) is 55.0 Å². The maximum atomic E-state index is 11.1. The number of carbonyl (C=O) groups is 1. The number of fused-ring (bicyclic) bond motifs is 1. The summed E-state index contributed by atoms with van der Waals surface area (Å²) in [5.41, 5.74) is 2.81. The Hall–Kier alpha value is -2.12. The molecule has 0 amide bonds. The summed E-state index contributed by atoms with van der Waals surface area (Å²) in [5, 5.41) is 9.91. The van der Waals surface area contributed by atoms with Crippen LogP contribution >= 0.6 is 0 Å². The molecule has 1 aliphatic rings. The average molecular weight is 268 g/mol. The van der Waals surface area contributed by atoms with Crippen LogP contribution in [0.25, 0.3) is 10.9 Å². The molecule has 0 unspecified atom stereocenters. The molecule has 3 rings (SSSR count). The summed E-state index contributed by atoms with van der Waals surface area (Å²) in [6.45, 7) is 1.84. The summed E-state index contributed by atoms with van der Waals surface area (Å²) < 4.78 is 7.15. The quantitative estimate of drug-likeness (QED) is 0.804. The Morgan fingerprint density at radius 2 is 2.15 bits per heavy atom. The predicted octanol–water partition coefficient (Wildman–Crippen LogP) is 2.87. The maximum Gasteiger partial charge on any atom is 0.166 e. The van der Waals surface area contributed by atoms with E-state index in [-0.39, 0.29) is 6.54 Å². The highest BCUT2D eigenvalue weighted by atomic mass is 16.5. The molecular formula is C16H16N2O2. The van der Waals surface area contributed by atoms with E-state index in [9.17, 15) is 4.79 Å². The minimum Gasteiger partial charge on any atom is -0.381 e. The van der Waals surface area contributed by atoms with Gasteiger partial charge in [0.05, 0.1) is 11.8 Å². The van der Waals surface area contributed by atoms with Gasteiger partial charge in [0.15, 0.2) is 6.29 Å². The van der Waals surface area contributed by atoms with Crippen LogP contribution in [0, 0.1) is 11.3 Å². The first kappa shape index (κ1) is 12.9. The summed E-state index contributed by atoms with van der Waals surface area (Å²) in [6.07, 6.45) is 2.90. The molecule has 1 aromatic heterocycles. The molecule has 4 nitrogen and oxygen atoms in total. The summed E-state index contributed by atoms with van der Waals surface area (Å²) in [6, 6.07) is 10.2. The number of nitrogens with zero attached hydrogens (tertiary/aromatic N) is 2. The molecule has 0 bridgehead atoms. The van der Waals surface area contributed by atoms with Crippen LogP contribution < -0.4 is 0 Å². The predicted molar refractivity (Wildman–Crippen MR) is 75.7 cm³/mol. The van der Waals surface area contributed by atoms with Gasteiger partial charge in [0, 0.05) is 24.1 Å². The normalized spacial score (nSPS) is 16.1. The number of hydrogen-bond donors (Lipinski definition) is 0. The van der Waals surface area contributed by atoms with E-state index < -0.39 is 0 Å². The van der Waals surface area contributed by atoms with Gasteiger partial charge in [-0.3, -0.25) is 4.79 Å². The number of nitriles is 1. The van der Waals surface area contributed by atoms with Crippen LogP contribution in [0.3, 0.4) is 0 Å². The fourth-order valence-electron chi connectivity index (χ4n) is 2.94. The smallest absolute Gasteiger partial charge is 0.166 e. The van der Waals surface area contributed by atoms with E-state index in [1.165, 1.54) is 5.56 Å². The number of benzene rings is 1. The van der Waals surface area contributed by atoms with Crippen molar-refractivity contribution in [2.75, 3.05) is 13.2 Å². The van der Waals surface area contributed by atoms with E-state index in [0.29, 0.717) is 11.6 Å². The molecule has 1 fully saturated rings. The monoisotopic (exact) mass is 268 g/mol. The number of aromatic nitrogens is 1. The highest BCUT2D eigenvalue weighted by molar-refractivity contribution is 5.89. The van der Waals surface area contributed by atoms with Gasteiger partial charge in [0.25, 0.3) is 0 Å². The van der Waals surface area contributed by atoms with Gasteiger partial charge in [0.1, 0.15) is 6.54 Å². The lowest BCUT2D eigenvalue weighted by atomic mass is 9.91. The SMILES string of the molecule is N#CCn1c(C=O)cc2cc(C3CCOCC3)ccc21. The minimum atomic E-state index is 0.203. The standard InChI is InChI=1S/C16H16N2O2/c17-5-6-18-15(11-19)10-14-9-13(1-2-16(14)18)12-3-7-20-8-4-12/h1-2,9-12H,3-4,6-8H2. The first-order chi connectivity index (χ1) is 9.83. The molecule has 4 heteroatoms. The van der Waals surface area contributed by atoms with Crippen LogP contribution in [0.2, 0.25) is 0 Å². The minimum absolute atomic E-state index is 0.203. The van der Waals surface area contributed by atoms with Crippen molar-refractivity contribution in [3.8, 4) is 6.07 Å². The Morgan fingerprint density at radius 3 is 2.85 bits per heavy atom. The second kappa shape index (κ2) is 5.48. The van der Waals surface area contributed by atoms with Crippen LogP contribution in [0.5, 0.6) is 0 Å². The molecule has 0 aliphatic carbocycles. The van der Waals surface area contributed by atoms with Crippen LogP contribution in [0.4, 0.5) is 0 Å². The fourth-order valence-corrected chi connectivity index (χ4v) is 2.94. The van der Waals surface area contributed by atoms with Gasteiger partial charge in [-0.05, 0) is 42.5 Å². The molecule has 0 N–H and O–H groups in total. The maximum absolute atomic E-state index is 11.1. The lowest BCUT2D eigenvalue weighted by Crippen LogP contribution is -2.13. The van der Waals surface area contributed by atoms with Crippen LogP contribution in [-0.2, 0) is 11.3 Å². The zero-order valence-corrected chi connectivity index (χ0v) is 11.2. The molecule has 2 heterocycles. The zero-order chi connectivity index (χ0) is 13.9. The van der Waals surface area contributed by atoms with Crippen molar-refractivity contribution < 1.29 is 9.53 Å². The molecule has 1 aliphatic heterocycles. The van der Waals surface area contributed by atoms with Crippen molar-refractivity contribution in [2.24, 2.45) is 0 Å². The average Bonchev–Trinajstić information content (AvgIpc) is 2.86. The van der Waals surface area contributed by atoms with Gasteiger partial charge < -0.3 is 9.30 Å². The van der Waals surface area contributed by atoms with Gasteiger partial charge in [-0.15, -0.1) is 0 Å². The van der Waals surface area contributed by atoms with Gasteiger partial charge in [-0.1, -0.05) is 6.07 Å². The third kappa shape index (κ3) is 2.21. The van der Waals surface area contributed by atoms with E-state index in [1.54, 1.807) is 4.57 Å². The van der Waals surface area contributed by atoms with Crippen molar-refractivity contribution in [1.82, 2.24) is 4.57 Å². The second-order valence-corrected chi connectivity index (χ2v) is 5.14. The summed E-state index contributed by atoms with van der Waals surface area (Å²) in [5.74, 6) is 0.534. The fraction of sp³-hybridized carbons (Fsp3) is 0.375. The molecule has 0 spiro atoms. The number of hydrogen-bond acceptors (Lipinski definition) is 3. The number of ether oxygens (including phenoxy) is 1. The molecule has 0 atom stereocenters. The van der Waals surface area contributed by atoms with Crippen LogP contribution in [-0.4, -0.2) is 24.1 Å². The highest BCUT2D eigenvalue weighted by Gasteiger charge is 2.17. The summed E-state index contributed by atoms with van der Waals surface area (Å²) in [7, 11) is 0. The molecule has 0 radical (unpaired) electrons. The molecule has 102 valence electrons. The van der Waals surface area contributed by atoms with E-state index in [2.05, 4.69) is 18.2 Å². The lowest BCUT2D eigenvalue weighted by molar-refractivity contribution is 0.0853. The summed E-state index contributed by atoms with van der Waals surface area (Å²) >= 11 is 0. The Morgan fingerprint density at radius 1 is 1.35 bits per heavy atom. The molecule has 1 aromatic carbocycles. The Bertz CT molecular complexity index is 676. The molecule has 2 aromatic rings. The molecule has 20 heavy (non-hydrogen) atoms. The molecule has 1 saturated heterocycles. The van der Waals surface area contributed by atoms with Crippen molar-refractivity contribution >= 4 is 17.2 Å². The van der Waals surface area contributed by atoms with Crippen LogP contribution in [0.15, 0.2) is 24.3 Å². The molecule has 0 saturated carbocycles. The van der Waals surface area contributed by atoms with Crippen molar-refractivity contribution in [1.29, 1.82) is 5.26 Å². The zero-order valence-electron chi connectivity index (χ0n) is 11.2. The van der Waals surface area contributed by atoms with Crippen molar-refractivity contribution in [3.05, 3.63) is 35.5 Å². The van der Waals surface area contributed by atoms with E-state index >= 15 is 0 Å². The van der Waals surface area contributed by atoms with Gasteiger partial charge in [0.2, 0.25) is 0 Å². The third-order valence-corrected chi connectivity index (χ3v) is 4.00. The third-order valence-electron chi connectivity index (χ3n) is 4.00. The van der Waals surface area contributed by atoms with Gasteiger partial charge >= 0.3 is 0 Å². The number of carbonyl (C=O) groups excluding carboxylic acids is 1. The van der Waals surface area contributed by atoms with Crippen LogP contribution in [0.1, 0.15) is 34.8 Å². The number of rotatable bonds is 3. The van der Waals surface area contributed by atoms with E-state index in [4.69, 9.17) is 10.00 Å². The Kier molecular flexibility index (Phi) is 3.53. The van der Waals surface area contributed by atoms with Gasteiger partial charge in [-0.25, -0.2) is 0 Å². The first-order valence-corrected chi connectivity index (χ1v) is 6.86. The molecular weight excluding hydrogens is 252 g/mol. The van der Waals surface area contributed by atoms with E-state index in [1.807, 2.05) is 12.1 Å². The van der Waals surface area contributed by atoms with Crippen molar-refractivity contribution in [3.63, 3.8) is 0 Å². The largest absolute Gasteiger partial charge is 0.381 e. The van der Waals surface area contributed by atoms with Gasteiger partial charge in [-0.2, -0.15) is 5.26 Å². The Labute approximate surface area is 117 Å². The number of aldehydes is 1. The highest BCUT2D eigenvalue weighted by Crippen LogP contribution is 2.30. The Balaban J connectivity index is 2.03.